The van der Waals surface area contributed by atoms with Gasteiger partial charge in [-0.05, 0) is 50.3 Å². The summed E-state index contributed by atoms with van der Waals surface area (Å²) in [6, 6.07) is 6.74. The number of thiophene rings is 1. The van der Waals surface area contributed by atoms with Crippen LogP contribution in [0.5, 0.6) is 0 Å². The summed E-state index contributed by atoms with van der Waals surface area (Å²) in [6.07, 6.45) is 8.21. The number of nitrogens with zero attached hydrogens (tertiary/aromatic N) is 1. The van der Waals surface area contributed by atoms with Crippen LogP contribution in [0.1, 0.15) is 57.3 Å². The van der Waals surface area contributed by atoms with E-state index in [4.69, 9.17) is 9.47 Å². The second-order valence-corrected chi connectivity index (χ2v) is 8.73. The fraction of sp³-hybridized carbons (Fsp3) is 0.333. The molecule has 0 fully saturated rings. The lowest BCUT2D eigenvalue weighted by atomic mass is 10.1. The standard InChI is InChI=1S/C24H25N3O5S/c1-2-31-24(30)20-17-6-4-3-5-7-18(17)33-22(20)27-19(28)14-32-23(29)16-10-8-15(9-11-16)21-25-12-13-26-21/h8-13H,2-7,14H2,1H3,(H,25,26)(H,27,28). The maximum atomic E-state index is 12.6. The number of carbonyl (C=O) groups is 3. The molecule has 2 heterocycles. The van der Waals surface area contributed by atoms with E-state index >= 15 is 0 Å². The highest BCUT2D eigenvalue weighted by atomic mass is 32.1. The fourth-order valence-corrected chi connectivity index (χ4v) is 5.11. The van der Waals surface area contributed by atoms with Crippen LogP contribution in [0.25, 0.3) is 11.4 Å². The third-order valence-electron chi connectivity index (χ3n) is 5.38. The zero-order valence-electron chi connectivity index (χ0n) is 18.3. The van der Waals surface area contributed by atoms with E-state index in [-0.39, 0.29) is 6.61 Å². The van der Waals surface area contributed by atoms with Gasteiger partial charge in [-0.25, -0.2) is 14.6 Å². The predicted octanol–water partition coefficient (Wildman–Crippen LogP) is 4.38. The van der Waals surface area contributed by atoms with Crippen molar-refractivity contribution in [2.45, 2.75) is 39.0 Å². The van der Waals surface area contributed by atoms with Crippen LogP contribution in [0, 0.1) is 0 Å². The highest BCUT2D eigenvalue weighted by Crippen LogP contribution is 2.38. The molecule has 0 radical (unpaired) electrons. The first-order valence-corrected chi connectivity index (χ1v) is 11.8. The van der Waals surface area contributed by atoms with Gasteiger partial charge in [0.25, 0.3) is 5.91 Å². The average Bonchev–Trinajstić information content (AvgIpc) is 3.41. The van der Waals surface area contributed by atoms with Crippen molar-refractivity contribution in [1.29, 1.82) is 0 Å². The molecular weight excluding hydrogens is 442 g/mol. The normalized spacial score (nSPS) is 13.0. The van der Waals surface area contributed by atoms with E-state index in [1.54, 1.807) is 43.6 Å². The molecule has 0 saturated carbocycles. The van der Waals surface area contributed by atoms with Crippen molar-refractivity contribution < 1.29 is 23.9 Å². The summed E-state index contributed by atoms with van der Waals surface area (Å²) in [5.74, 6) is -0.844. The molecule has 1 aliphatic rings. The first-order valence-electron chi connectivity index (χ1n) is 10.9. The number of hydrogen-bond donors (Lipinski definition) is 2. The summed E-state index contributed by atoms with van der Waals surface area (Å²) in [5.41, 5.74) is 2.57. The number of aromatic nitrogens is 2. The lowest BCUT2D eigenvalue weighted by Gasteiger charge is -2.09. The van der Waals surface area contributed by atoms with E-state index < -0.39 is 24.5 Å². The summed E-state index contributed by atoms with van der Waals surface area (Å²) in [7, 11) is 0. The fourth-order valence-electron chi connectivity index (χ4n) is 3.81. The Morgan fingerprint density at radius 1 is 1.06 bits per heavy atom. The first-order chi connectivity index (χ1) is 16.1. The van der Waals surface area contributed by atoms with Crippen LogP contribution >= 0.6 is 11.3 Å². The number of H-pyrrole nitrogens is 1. The third kappa shape index (κ3) is 5.31. The number of nitrogens with one attached hydrogen (secondary N) is 2. The summed E-state index contributed by atoms with van der Waals surface area (Å²) in [6.45, 7) is 1.55. The Labute approximate surface area is 195 Å². The lowest BCUT2D eigenvalue weighted by Crippen LogP contribution is -2.22. The number of imidazole rings is 1. The van der Waals surface area contributed by atoms with Crippen LogP contribution in [0.4, 0.5) is 5.00 Å². The number of anilines is 1. The van der Waals surface area contributed by atoms with Gasteiger partial charge in [0.2, 0.25) is 0 Å². The van der Waals surface area contributed by atoms with Crippen molar-refractivity contribution >= 4 is 34.2 Å². The number of rotatable bonds is 7. The predicted molar refractivity (Wildman–Crippen MR) is 124 cm³/mol. The molecule has 1 aromatic carbocycles. The summed E-state index contributed by atoms with van der Waals surface area (Å²) in [5, 5.41) is 3.21. The van der Waals surface area contributed by atoms with Gasteiger partial charge in [-0.3, -0.25) is 4.79 Å². The van der Waals surface area contributed by atoms with E-state index in [0.29, 0.717) is 22.0 Å². The molecule has 3 aromatic rings. The molecule has 9 heteroatoms. The molecule has 2 aromatic heterocycles. The van der Waals surface area contributed by atoms with E-state index in [1.807, 2.05) is 0 Å². The second-order valence-electron chi connectivity index (χ2n) is 7.63. The van der Waals surface area contributed by atoms with Crippen LogP contribution in [-0.2, 0) is 27.1 Å². The molecule has 33 heavy (non-hydrogen) atoms. The van der Waals surface area contributed by atoms with Crippen molar-refractivity contribution in [3.05, 3.63) is 58.2 Å². The number of hydrogen-bond acceptors (Lipinski definition) is 7. The van der Waals surface area contributed by atoms with Crippen molar-refractivity contribution in [1.82, 2.24) is 9.97 Å². The highest BCUT2D eigenvalue weighted by molar-refractivity contribution is 7.17. The minimum absolute atomic E-state index is 0.257. The van der Waals surface area contributed by atoms with Gasteiger partial charge in [0, 0.05) is 22.8 Å². The Bertz CT molecular complexity index is 1140. The molecule has 1 aliphatic carbocycles. The number of aromatic amines is 1. The Kier molecular flexibility index (Phi) is 7.19. The molecule has 4 rings (SSSR count). The molecule has 2 N–H and O–H groups in total. The number of aryl methyl sites for hydroxylation is 1. The van der Waals surface area contributed by atoms with Gasteiger partial charge in [-0.1, -0.05) is 18.6 Å². The first kappa shape index (κ1) is 22.7. The van der Waals surface area contributed by atoms with Gasteiger partial charge < -0.3 is 19.8 Å². The number of benzene rings is 1. The Morgan fingerprint density at radius 3 is 2.58 bits per heavy atom. The van der Waals surface area contributed by atoms with Crippen LogP contribution in [-0.4, -0.2) is 41.0 Å². The zero-order chi connectivity index (χ0) is 23.2. The van der Waals surface area contributed by atoms with Crippen LogP contribution < -0.4 is 5.32 Å². The Morgan fingerprint density at radius 2 is 1.85 bits per heavy atom. The molecule has 1 amide bonds. The zero-order valence-corrected chi connectivity index (χ0v) is 19.1. The highest BCUT2D eigenvalue weighted by Gasteiger charge is 2.26. The Balaban J connectivity index is 1.40. The van der Waals surface area contributed by atoms with Crippen LogP contribution in [0.2, 0.25) is 0 Å². The lowest BCUT2D eigenvalue weighted by molar-refractivity contribution is -0.119. The Hall–Kier alpha value is -3.46. The average molecular weight is 468 g/mol. The molecule has 0 spiro atoms. The smallest absolute Gasteiger partial charge is 0.341 e. The largest absolute Gasteiger partial charge is 0.462 e. The summed E-state index contributed by atoms with van der Waals surface area (Å²) < 4.78 is 10.4. The molecule has 0 bridgehead atoms. The van der Waals surface area contributed by atoms with Crippen molar-refractivity contribution in [2.75, 3.05) is 18.5 Å². The number of carbonyl (C=O) groups excluding carboxylic acids is 3. The number of fused-ring (bicyclic) bond motifs is 1. The SMILES string of the molecule is CCOC(=O)c1c(NC(=O)COC(=O)c2ccc(-c3ncc[nH]3)cc2)sc2c1CCCCC2. The van der Waals surface area contributed by atoms with Crippen molar-refractivity contribution in [2.24, 2.45) is 0 Å². The van der Waals surface area contributed by atoms with Crippen molar-refractivity contribution in [3.8, 4) is 11.4 Å². The van der Waals surface area contributed by atoms with Gasteiger partial charge >= 0.3 is 11.9 Å². The molecule has 0 aliphatic heterocycles. The number of esters is 2. The number of amides is 1. The van der Waals surface area contributed by atoms with E-state index in [0.717, 1.165) is 48.1 Å². The van der Waals surface area contributed by atoms with Crippen molar-refractivity contribution in [3.63, 3.8) is 0 Å². The van der Waals surface area contributed by atoms with E-state index in [2.05, 4.69) is 15.3 Å². The topological polar surface area (TPSA) is 110 Å². The molecule has 0 saturated heterocycles. The van der Waals surface area contributed by atoms with Crippen LogP contribution in [0.15, 0.2) is 36.7 Å². The van der Waals surface area contributed by atoms with Gasteiger partial charge in [-0.15, -0.1) is 11.3 Å². The maximum absolute atomic E-state index is 12.6. The molecule has 0 atom stereocenters. The second kappa shape index (κ2) is 10.4. The van der Waals surface area contributed by atoms with Gasteiger partial charge in [0.1, 0.15) is 10.8 Å². The molecule has 172 valence electrons. The summed E-state index contributed by atoms with van der Waals surface area (Å²) >= 11 is 1.41. The van der Waals surface area contributed by atoms with Gasteiger partial charge in [-0.2, -0.15) is 0 Å². The van der Waals surface area contributed by atoms with E-state index in [9.17, 15) is 14.4 Å². The minimum Gasteiger partial charge on any atom is -0.462 e. The van der Waals surface area contributed by atoms with Crippen LogP contribution in [0.3, 0.4) is 0 Å². The van der Waals surface area contributed by atoms with Gasteiger partial charge in [0.15, 0.2) is 6.61 Å². The summed E-state index contributed by atoms with van der Waals surface area (Å²) in [4.78, 5) is 45.8. The molecule has 0 unspecified atom stereocenters. The molecule has 8 nitrogen and oxygen atoms in total. The van der Waals surface area contributed by atoms with Gasteiger partial charge in [0.05, 0.1) is 17.7 Å². The number of ether oxygens (including phenoxy) is 2. The van der Waals surface area contributed by atoms with E-state index in [1.165, 1.54) is 11.3 Å². The third-order valence-corrected chi connectivity index (χ3v) is 6.59. The minimum atomic E-state index is -0.608. The monoisotopic (exact) mass is 467 g/mol. The molecular formula is C24H25N3O5S. The maximum Gasteiger partial charge on any atom is 0.341 e. The quantitative estimate of drug-likeness (QED) is 0.394.